The monoisotopic (exact) mass is 106 g/mol. The van der Waals surface area contributed by atoms with Crippen molar-refractivity contribution in [2.24, 2.45) is 0 Å². The highest BCUT2D eigenvalue weighted by Crippen LogP contribution is 1.96. The highest BCUT2D eigenvalue weighted by molar-refractivity contribution is 7.81. The zero-order chi connectivity index (χ0) is 5.15. The Hall–Kier alpha value is 0.310. The van der Waals surface area contributed by atoms with Crippen molar-refractivity contribution in [3.05, 3.63) is 0 Å². The first-order valence-electron chi connectivity index (χ1n) is 2.00. The average molecular weight is 106 g/mol. The van der Waals surface area contributed by atoms with E-state index in [0.717, 1.165) is 0 Å². The van der Waals surface area contributed by atoms with Gasteiger partial charge in [0, 0.05) is 5.25 Å². The highest BCUT2D eigenvalue weighted by Gasteiger charge is 1.98. The Morgan fingerprint density at radius 3 is 1.67 bits per heavy atom. The van der Waals surface area contributed by atoms with E-state index >= 15 is 0 Å². The van der Waals surface area contributed by atoms with Gasteiger partial charge in [-0.3, -0.25) is 0 Å². The second kappa shape index (κ2) is 2.48. The van der Waals surface area contributed by atoms with E-state index in [9.17, 15) is 0 Å². The Labute approximate surface area is 43.8 Å². The lowest BCUT2D eigenvalue weighted by atomic mass is 10.3. The maximum Gasteiger partial charge on any atom is 0.0625 e. The number of thiol groups is 1. The van der Waals surface area contributed by atoms with Crippen LogP contribution in [0.2, 0.25) is 0 Å². The van der Waals surface area contributed by atoms with Crippen LogP contribution in [0.15, 0.2) is 0 Å². The van der Waals surface area contributed by atoms with Gasteiger partial charge in [0.25, 0.3) is 0 Å². The predicted octanol–water partition coefficient (Wildman–Crippen LogP) is 0.685. The van der Waals surface area contributed by atoms with Crippen LogP contribution in [-0.4, -0.2) is 16.5 Å². The number of rotatable bonds is 1. The van der Waals surface area contributed by atoms with Gasteiger partial charge in [-0.15, -0.1) is 0 Å². The second-order valence-electron chi connectivity index (χ2n) is 1.48. The Kier molecular flexibility index (Phi) is 2.61. The van der Waals surface area contributed by atoms with Crippen molar-refractivity contribution in [3.63, 3.8) is 0 Å². The maximum absolute atomic E-state index is 8.55. The number of aliphatic hydroxyl groups is 1. The lowest BCUT2D eigenvalue weighted by Crippen LogP contribution is -2.11. The molecule has 0 amide bonds. The third-order valence-corrected chi connectivity index (χ3v) is 1.13. The molecular weight excluding hydrogens is 96.1 g/mol. The molecule has 6 heavy (non-hydrogen) atoms. The van der Waals surface area contributed by atoms with E-state index in [2.05, 4.69) is 12.6 Å². The minimum Gasteiger partial charge on any atom is -0.392 e. The van der Waals surface area contributed by atoms with Gasteiger partial charge >= 0.3 is 0 Å². The molecule has 0 fully saturated rings. The van der Waals surface area contributed by atoms with Crippen molar-refractivity contribution in [1.29, 1.82) is 0 Å². The number of hydrogen-bond donors (Lipinski definition) is 2. The largest absolute Gasteiger partial charge is 0.392 e. The highest BCUT2D eigenvalue weighted by atomic mass is 32.1. The first-order chi connectivity index (χ1) is 2.64. The molecule has 0 aliphatic heterocycles. The molecule has 38 valence electrons. The van der Waals surface area contributed by atoms with E-state index in [1.54, 1.807) is 6.92 Å². The molecule has 0 bridgehead atoms. The van der Waals surface area contributed by atoms with Crippen molar-refractivity contribution in [1.82, 2.24) is 0 Å². The van der Waals surface area contributed by atoms with E-state index < -0.39 is 0 Å². The predicted molar refractivity (Wildman–Crippen MR) is 30.1 cm³/mol. The van der Waals surface area contributed by atoms with E-state index in [1.807, 2.05) is 6.92 Å². The van der Waals surface area contributed by atoms with Crippen molar-refractivity contribution in [2.45, 2.75) is 25.2 Å². The maximum atomic E-state index is 8.55. The van der Waals surface area contributed by atoms with E-state index in [1.165, 1.54) is 0 Å². The summed E-state index contributed by atoms with van der Waals surface area (Å²) in [6, 6.07) is 0. The third-order valence-electron chi connectivity index (χ3n) is 0.698. The van der Waals surface area contributed by atoms with Crippen LogP contribution in [0.4, 0.5) is 0 Å². The smallest absolute Gasteiger partial charge is 0.0625 e. The Morgan fingerprint density at radius 1 is 1.50 bits per heavy atom. The molecule has 0 aromatic rings. The molecule has 2 heteroatoms. The first-order valence-corrected chi connectivity index (χ1v) is 2.52. The fourth-order valence-electron chi connectivity index (χ4n) is 0. The molecular formula is C4H10OS. The zero-order valence-electron chi connectivity index (χ0n) is 4.05. The molecule has 0 aliphatic rings. The Morgan fingerprint density at radius 2 is 1.67 bits per heavy atom. The molecule has 0 rings (SSSR count). The summed E-state index contributed by atoms with van der Waals surface area (Å²) in [7, 11) is 0. The van der Waals surface area contributed by atoms with Crippen LogP contribution in [0, 0.1) is 0 Å². The fraction of sp³-hybridized carbons (Fsp3) is 1.00. The van der Waals surface area contributed by atoms with E-state index in [-0.39, 0.29) is 11.4 Å². The molecule has 1 N–H and O–H groups in total. The van der Waals surface area contributed by atoms with Crippen LogP contribution in [0.1, 0.15) is 13.8 Å². The van der Waals surface area contributed by atoms with Gasteiger partial charge < -0.3 is 5.11 Å². The topological polar surface area (TPSA) is 20.2 Å². The van der Waals surface area contributed by atoms with Crippen LogP contribution in [0.5, 0.6) is 0 Å². The second-order valence-corrected chi connectivity index (χ2v) is 2.30. The van der Waals surface area contributed by atoms with Gasteiger partial charge in [-0.2, -0.15) is 12.6 Å². The summed E-state index contributed by atoms with van der Waals surface area (Å²) in [5.41, 5.74) is 0. The molecule has 1 nitrogen and oxygen atoms in total. The summed E-state index contributed by atoms with van der Waals surface area (Å²) >= 11 is 3.94. The molecule has 0 unspecified atom stereocenters. The van der Waals surface area contributed by atoms with Gasteiger partial charge in [0.05, 0.1) is 6.10 Å². The summed E-state index contributed by atoms with van der Waals surface area (Å²) in [5.74, 6) is 0. The summed E-state index contributed by atoms with van der Waals surface area (Å²) in [6.07, 6.45) is -0.284. The van der Waals surface area contributed by atoms with E-state index in [4.69, 9.17) is 5.11 Å². The molecule has 0 saturated heterocycles. The SMILES string of the molecule is C[C@H](O)[C@H](C)S. The van der Waals surface area contributed by atoms with Gasteiger partial charge in [0.2, 0.25) is 0 Å². The molecule has 0 saturated carbocycles. The molecule has 0 spiro atoms. The quantitative estimate of drug-likeness (QED) is 0.471. The van der Waals surface area contributed by atoms with Crippen molar-refractivity contribution < 1.29 is 5.11 Å². The standard InChI is InChI=1S/C4H10OS/c1-3(5)4(2)6/h3-6H,1-2H3/t3-,4-/m0/s1. The summed E-state index contributed by atoms with van der Waals surface area (Å²) in [6.45, 7) is 3.57. The molecule has 0 aromatic carbocycles. The number of hydrogen-bond acceptors (Lipinski definition) is 2. The fourth-order valence-corrected chi connectivity index (χ4v) is 0. The number of aliphatic hydroxyl groups excluding tert-OH is 1. The lowest BCUT2D eigenvalue weighted by Gasteiger charge is -2.03. The van der Waals surface area contributed by atoms with Crippen molar-refractivity contribution in [2.75, 3.05) is 0 Å². The minimum atomic E-state index is -0.284. The van der Waals surface area contributed by atoms with Crippen LogP contribution in [-0.2, 0) is 0 Å². The molecule has 0 heterocycles. The minimum absolute atomic E-state index is 0.102. The van der Waals surface area contributed by atoms with Crippen LogP contribution < -0.4 is 0 Å². The molecule has 0 radical (unpaired) electrons. The lowest BCUT2D eigenvalue weighted by molar-refractivity contribution is 0.197. The van der Waals surface area contributed by atoms with Gasteiger partial charge in [-0.1, -0.05) is 6.92 Å². The van der Waals surface area contributed by atoms with Gasteiger partial charge in [-0.05, 0) is 6.92 Å². The molecule has 2 atom stereocenters. The van der Waals surface area contributed by atoms with Gasteiger partial charge in [-0.25, -0.2) is 0 Å². The average Bonchev–Trinajstić information content (AvgIpc) is 1.36. The first kappa shape index (κ1) is 6.31. The van der Waals surface area contributed by atoms with Crippen molar-refractivity contribution >= 4 is 12.6 Å². The normalized spacial score (nSPS) is 20.0. The third kappa shape index (κ3) is 2.54. The van der Waals surface area contributed by atoms with Crippen LogP contribution in [0.3, 0.4) is 0 Å². The van der Waals surface area contributed by atoms with Gasteiger partial charge in [0.15, 0.2) is 0 Å². The molecule has 0 aliphatic carbocycles. The van der Waals surface area contributed by atoms with Crippen LogP contribution >= 0.6 is 12.6 Å². The Bertz CT molecular complexity index is 28.5. The van der Waals surface area contributed by atoms with Crippen LogP contribution in [0.25, 0.3) is 0 Å². The van der Waals surface area contributed by atoms with E-state index in [0.29, 0.717) is 0 Å². The summed E-state index contributed by atoms with van der Waals surface area (Å²) in [5, 5.41) is 8.66. The van der Waals surface area contributed by atoms with Gasteiger partial charge in [0.1, 0.15) is 0 Å². The van der Waals surface area contributed by atoms with Crippen molar-refractivity contribution in [3.8, 4) is 0 Å². The zero-order valence-corrected chi connectivity index (χ0v) is 4.94. The summed E-state index contributed by atoms with van der Waals surface area (Å²) < 4.78 is 0. The Balaban J connectivity index is 2.99. The summed E-state index contributed by atoms with van der Waals surface area (Å²) in [4.78, 5) is 0. The molecule has 0 aromatic heterocycles.